The molecule has 0 aliphatic heterocycles. The molecule has 0 saturated heterocycles. The minimum Gasteiger partial charge on any atom is -0.346 e. The Kier molecular flexibility index (Phi) is 5.47. The number of ketones is 1. The first kappa shape index (κ1) is 17.6. The predicted octanol–water partition coefficient (Wildman–Crippen LogP) is 4.73. The normalized spacial score (nSPS) is 10.5. The fourth-order valence-electron chi connectivity index (χ4n) is 2.05. The number of carbonyl (C=O) groups excluding carboxylic acids is 2. The molecule has 0 fully saturated rings. The van der Waals surface area contributed by atoms with Gasteiger partial charge in [-0.2, -0.15) is 0 Å². The molecule has 5 nitrogen and oxygen atoms in total. The van der Waals surface area contributed by atoms with Gasteiger partial charge in [-0.1, -0.05) is 11.6 Å². The minimum atomic E-state index is -0.167. The Morgan fingerprint density at radius 2 is 1.92 bits per heavy atom. The summed E-state index contributed by atoms with van der Waals surface area (Å²) in [5.41, 5.74) is 2.29. The van der Waals surface area contributed by atoms with Crippen molar-refractivity contribution in [3.05, 3.63) is 62.2 Å². The van der Waals surface area contributed by atoms with Crippen LogP contribution in [0.5, 0.6) is 0 Å². The highest BCUT2D eigenvalue weighted by Crippen LogP contribution is 2.23. The molecule has 8 heteroatoms. The van der Waals surface area contributed by atoms with Gasteiger partial charge in [0.15, 0.2) is 10.9 Å². The van der Waals surface area contributed by atoms with Crippen LogP contribution in [0.15, 0.2) is 41.8 Å². The zero-order chi connectivity index (χ0) is 17.8. The zero-order valence-electron chi connectivity index (χ0n) is 13.2. The van der Waals surface area contributed by atoms with E-state index in [0.29, 0.717) is 21.3 Å². The number of halogens is 1. The molecule has 3 rings (SSSR count). The lowest BCUT2D eigenvalue weighted by atomic mass is 10.1. The number of nitrogens with one attached hydrogen (secondary N) is 2. The standard InChI is InChI=1S/C17H14ClN3O2S2/c1-10(22)11-2-4-12(5-3-11)20-17-21-13(9-24-17)8-19-16(23)14-6-7-15(18)25-14/h2-7,9H,8H2,1H3,(H,19,23)(H,20,21). The second-order valence-corrected chi connectivity index (χ2v) is 7.76. The van der Waals surface area contributed by atoms with E-state index in [0.717, 1.165) is 16.5 Å². The lowest BCUT2D eigenvalue weighted by molar-refractivity contribution is 0.0953. The average Bonchev–Trinajstić information content (AvgIpc) is 3.22. The van der Waals surface area contributed by atoms with E-state index < -0.39 is 0 Å². The highest BCUT2D eigenvalue weighted by molar-refractivity contribution is 7.18. The van der Waals surface area contributed by atoms with Crippen LogP contribution in [0.25, 0.3) is 0 Å². The number of thiophene rings is 1. The van der Waals surface area contributed by atoms with Crippen molar-refractivity contribution in [2.45, 2.75) is 13.5 Å². The summed E-state index contributed by atoms with van der Waals surface area (Å²) < 4.78 is 0.584. The van der Waals surface area contributed by atoms with Crippen LogP contribution in [0.4, 0.5) is 10.8 Å². The van der Waals surface area contributed by atoms with E-state index in [9.17, 15) is 9.59 Å². The first-order valence-electron chi connectivity index (χ1n) is 7.37. The second kappa shape index (κ2) is 7.77. The number of anilines is 2. The fraction of sp³-hybridized carbons (Fsp3) is 0.118. The maximum atomic E-state index is 12.0. The molecule has 0 spiro atoms. The van der Waals surface area contributed by atoms with E-state index in [4.69, 9.17) is 11.6 Å². The summed E-state index contributed by atoms with van der Waals surface area (Å²) in [4.78, 5) is 28.3. The summed E-state index contributed by atoms with van der Waals surface area (Å²) >= 11 is 8.52. The van der Waals surface area contributed by atoms with E-state index in [1.165, 1.54) is 29.6 Å². The van der Waals surface area contributed by atoms with Crippen LogP contribution in [-0.4, -0.2) is 16.7 Å². The van der Waals surface area contributed by atoms with Gasteiger partial charge in [0.05, 0.1) is 21.5 Å². The van der Waals surface area contributed by atoms with Gasteiger partial charge in [-0.3, -0.25) is 9.59 Å². The second-order valence-electron chi connectivity index (χ2n) is 5.19. The molecule has 1 amide bonds. The number of aromatic nitrogens is 1. The number of nitrogens with zero attached hydrogens (tertiary/aromatic N) is 1. The van der Waals surface area contributed by atoms with Crippen molar-refractivity contribution >= 4 is 56.8 Å². The highest BCUT2D eigenvalue weighted by atomic mass is 35.5. The molecule has 0 aliphatic rings. The van der Waals surface area contributed by atoms with Crippen LogP contribution < -0.4 is 10.6 Å². The first-order valence-corrected chi connectivity index (χ1v) is 9.44. The minimum absolute atomic E-state index is 0.0332. The number of Topliss-reactive ketones (excluding diaryl/α,β-unsaturated/α-hetero) is 1. The van der Waals surface area contributed by atoms with Crippen molar-refractivity contribution < 1.29 is 9.59 Å². The molecule has 0 aliphatic carbocycles. The molecule has 1 aromatic carbocycles. The number of hydrogen-bond acceptors (Lipinski definition) is 6. The zero-order valence-corrected chi connectivity index (χ0v) is 15.6. The number of thiazole rings is 1. The van der Waals surface area contributed by atoms with Gasteiger partial charge in [-0.25, -0.2) is 4.98 Å². The lowest BCUT2D eigenvalue weighted by Gasteiger charge is -2.03. The van der Waals surface area contributed by atoms with E-state index in [1.54, 1.807) is 24.3 Å². The molecule has 128 valence electrons. The SMILES string of the molecule is CC(=O)c1ccc(Nc2nc(CNC(=O)c3ccc(Cl)s3)cs2)cc1. The molecule has 0 saturated carbocycles. The first-order chi connectivity index (χ1) is 12.0. The maximum Gasteiger partial charge on any atom is 0.261 e. The van der Waals surface area contributed by atoms with Crippen molar-refractivity contribution in [2.24, 2.45) is 0 Å². The average molecular weight is 392 g/mol. The smallest absolute Gasteiger partial charge is 0.261 e. The Hall–Kier alpha value is -2.22. The van der Waals surface area contributed by atoms with E-state index >= 15 is 0 Å². The number of benzene rings is 1. The van der Waals surface area contributed by atoms with Crippen LogP contribution in [0.1, 0.15) is 32.6 Å². The summed E-state index contributed by atoms with van der Waals surface area (Å²) in [6, 6.07) is 10.6. The number of carbonyl (C=O) groups is 2. The maximum absolute atomic E-state index is 12.0. The van der Waals surface area contributed by atoms with Gasteiger partial charge in [0.25, 0.3) is 5.91 Å². The quantitative estimate of drug-likeness (QED) is 0.595. The highest BCUT2D eigenvalue weighted by Gasteiger charge is 2.10. The summed E-state index contributed by atoms with van der Waals surface area (Å²) in [7, 11) is 0. The lowest BCUT2D eigenvalue weighted by Crippen LogP contribution is -2.21. The van der Waals surface area contributed by atoms with E-state index in [-0.39, 0.29) is 11.7 Å². The molecule has 3 aromatic rings. The van der Waals surface area contributed by atoms with Gasteiger partial charge >= 0.3 is 0 Å². The molecule has 0 atom stereocenters. The van der Waals surface area contributed by atoms with Gasteiger partial charge in [0, 0.05) is 16.6 Å². The van der Waals surface area contributed by atoms with Crippen LogP contribution in [0.3, 0.4) is 0 Å². The largest absolute Gasteiger partial charge is 0.346 e. The Morgan fingerprint density at radius 3 is 2.56 bits per heavy atom. The Balaban J connectivity index is 1.57. The molecule has 2 heterocycles. The van der Waals surface area contributed by atoms with E-state index in [2.05, 4.69) is 15.6 Å². The molecule has 0 radical (unpaired) electrons. The molecule has 2 aromatic heterocycles. The van der Waals surface area contributed by atoms with Gasteiger partial charge in [-0.15, -0.1) is 22.7 Å². The Morgan fingerprint density at radius 1 is 1.16 bits per heavy atom. The molecular formula is C17H14ClN3O2S2. The topological polar surface area (TPSA) is 71.1 Å². The van der Waals surface area contributed by atoms with Gasteiger partial charge in [-0.05, 0) is 43.3 Å². The third kappa shape index (κ3) is 4.66. The van der Waals surface area contributed by atoms with Crippen LogP contribution in [0, 0.1) is 0 Å². The molecule has 25 heavy (non-hydrogen) atoms. The van der Waals surface area contributed by atoms with Gasteiger partial charge < -0.3 is 10.6 Å². The molecule has 0 unspecified atom stereocenters. The summed E-state index contributed by atoms with van der Waals surface area (Å²) in [6.45, 7) is 1.88. The van der Waals surface area contributed by atoms with Crippen molar-refractivity contribution in [3.8, 4) is 0 Å². The number of amides is 1. The van der Waals surface area contributed by atoms with Crippen molar-refractivity contribution in [3.63, 3.8) is 0 Å². The third-order valence-electron chi connectivity index (χ3n) is 3.32. The van der Waals surface area contributed by atoms with Crippen molar-refractivity contribution in [2.75, 3.05) is 5.32 Å². The monoisotopic (exact) mass is 391 g/mol. The Bertz CT molecular complexity index is 903. The van der Waals surface area contributed by atoms with Crippen LogP contribution in [-0.2, 0) is 6.54 Å². The number of rotatable bonds is 6. The van der Waals surface area contributed by atoms with Crippen LogP contribution >= 0.6 is 34.3 Å². The van der Waals surface area contributed by atoms with Crippen LogP contribution in [0.2, 0.25) is 4.34 Å². The molecular weight excluding hydrogens is 378 g/mol. The van der Waals surface area contributed by atoms with Crippen molar-refractivity contribution in [1.29, 1.82) is 0 Å². The summed E-state index contributed by atoms with van der Waals surface area (Å²) in [5.74, 6) is -0.134. The fourth-order valence-corrected chi connectivity index (χ4v) is 3.74. The summed E-state index contributed by atoms with van der Waals surface area (Å²) in [6.07, 6.45) is 0. The summed E-state index contributed by atoms with van der Waals surface area (Å²) in [5, 5.41) is 8.60. The third-order valence-corrected chi connectivity index (χ3v) is 5.36. The molecule has 2 N–H and O–H groups in total. The Labute approximate surface area is 157 Å². The van der Waals surface area contributed by atoms with E-state index in [1.807, 2.05) is 17.5 Å². The molecule has 0 bridgehead atoms. The van der Waals surface area contributed by atoms with Gasteiger partial charge in [0.2, 0.25) is 0 Å². The van der Waals surface area contributed by atoms with Gasteiger partial charge in [0.1, 0.15) is 0 Å². The predicted molar refractivity (Wildman–Crippen MR) is 102 cm³/mol. The van der Waals surface area contributed by atoms with Crippen molar-refractivity contribution in [1.82, 2.24) is 10.3 Å². The number of hydrogen-bond donors (Lipinski definition) is 2.